The SMILES string of the molecule is COC(=O)C(NS(=O)(=O)c1ccc(F)cc1Cl)C(C)O. The highest BCUT2D eigenvalue weighted by Gasteiger charge is 2.31. The standard InChI is InChI=1S/C11H13ClFNO5S/c1-6(15)10(11(16)19-2)14-20(17,18)9-4-3-7(13)5-8(9)12/h3-6,10,14-15H,1-2H3. The van der Waals surface area contributed by atoms with Crippen LogP contribution in [0.1, 0.15) is 6.92 Å². The summed E-state index contributed by atoms with van der Waals surface area (Å²) in [4.78, 5) is 11.0. The van der Waals surface area contributed by atoms with E-state index in [2.05, 4.69) is 4.74 Å². The molecule has 0 aromatic heterocycles. The molecule has 2 unspecified atom stereocenters. The minimum absolute atomic E-state index is 0.341. The maximum atomic E-state index is 12.9. The molecule has 1 aromatic rings. The van der Waals surface area contributed by atoms with Crippen molar-refractivity contribution in [1.29, 1.82) is 0 Å². The summed E-state index contributed by atoms with van der Waals surface area (Å²) in [7, 11) is -3.16. The van der Waals surface area contributed by atoms with Crippen molar-refractivity contribution >= 4 is 27.6 Å². The maximum absolute atomic E-state index is 12.9. The van der Waals surface area contributed by atoms with Gasteiger partial charge in [-0.1, -0.05) is 11.6 Å². The Labute approximate surface area is 120 Å². The molecule has 9 heteroatoms. The largest absolute Gasteiger partial charge is 0.468 e. The summed E-state index contributed by atoms with van der Waals surface area (Å²) in [6.45, 7) is 1.22. The van der Waals surface area contributed by atoms with E-state index in [1.807, 2.05) is 4.72 Å². The molecule has 20 heavy (non-hydrogen) atoms. The normalized spacial score (nSPS) is 14.7. The fraction of sp³-hybridized carbons (Fsp3) is 0.364. The lowest BCUT2D eigenvalue weighted by molar-refractivity contribution is -0.145. The van der Waals surface area contributed by atoms with Crippen LogP contribution in [0.3, 0.4) is 0 Å². The van der Waals surface area contributed by atoms with Crippen molar-refractivity contribution in [1.82, 2.24) is 4.72 Å². The van der Waals surface area contributed by atoms with Gasteiger partial charge >= 0.3 is 5.97 Å². The van der Waals surface area contributed by atoms with E-state index >= 15 is 0 Å². The molecule has 0 heterocycles. The zero-order valence-electron chi connectivity index (χ0n) is 10.6. The summed E-state index contributed by atoms with van der Waals surface area (Å²) in [5.41, 5.74) is 0. The van der Waals surface area contributed by atoms with Gasteiger partial charge in [0.15, 0.2) is 0 Å². The first kappa shape index (κ1) is 16.8. The lowest BCUT2D eigenvalue weighted by atomic mass is 10.2. The first-order valence-electron chi connectivity index (χ1n) is 5.42. The van der Waals surface area contributed by atoms with Gasteiger partial charge in [-0.3, -0.25) is 4.79 Å². The third-order valence-electron chi connectivity index (χ3n) is 2.40. The third kappa shape index (κ3) is 3.89. The number of halogens is 2. The molecular formula is C11H13ClFNO5S. The Morgan fingerprint density at radius 2 is 2.10 bits per heavy atom. The van der Waals surface area contributed by atoms with E-state index < -0.39 is 38.9 Å². The fourth-order valence-electron chi connectivity index (χ4n) is 1.39. The highest BCUT2D eigenvalue weighted by Crippen LogP contribution is 2.22. The second kappa shape index (κ2) is 6.49. The number of carbonyl (C=O) groups is 1. The van der Waals surface area contributed by atoms with Crippen molar-refractivity contribution in [3.05, 3.63) is 29.0 Å². The molecule has 0 amide bonds. The van der Waals surface area contributed by atoms with Gasteiger partial charge in [0.05, 0.1) is 18.2 Å². The van der Waals surface area contributed by atoms with E-state index in [0.717, 1.165) is 25.3 Å². The molecule has 0 saturated carbocycles. The van der Waals surface area contributed by atoms with Crippen LogP contribution in [0.4, 0.5) is 4.39 Å². The molecule has 0 bridgehead atoms. The van der Waals surface area contributed by atoms with Crippen LogP contribution in [0.25, 0.3) is 0 Å². The second-order valence-electron chi connectivity index (χ2n) is 3.94. The molecule has 2 atom stereocenters. The Balaban J connectivity index is 3.13. The summed E-state index contributed by atoms with van der Waals surface area (Å²) >= 11 is 5.65. The zero-order valence-corrected chi connectivity index (χ0v) is 12.2. The van der Waals surface area contributed by atoms with Gasteiger partial charge in [0.2, 0.25) is 10.0 Å². The topological polar surface area (TPSA) is 92.7 Å². The molecular weight excluding hydrogens is 313 g/mol. The number of sulfonamides is 1. The van der Waals surface area contributed by atoms with E-state index in [-0.39, 0.29) is 5.02 Å². The lowest BCUT2D eigenvalue weighted by Crippen LogP contribution is -2.48. The Morgan fingerprint density at radius 3 is 2.55 bits per heavy atom. The number of aliphatic hydroxyl groups is 1. The van der Waals surface area contributed by atoms with Gasteiger partial charge in [-0.15, -0.1) is 0 Å². The highest BCUT2D eigenvalue weighted by atomic mass is 35.5. The Morgan fingerprint density at radius 1 is 1.50 bits per heavy atom. The lowest BCUT2D eigenvalue weighted by Gasteiger charge is -2.19. The van der Waals surface area contributed by atoms with Crippen LogP contribution in [0.2, 0.25) is 5.02 Å². The predicted octanol–water partition coefficient (Wildman–Crippen LogP) is 0.680. The predicted molar refractivity (Wildman–Crippen MR) is 69.2 cm³/mol. The summed E-state index contributed by atoms with van der Waals surface area (Å²) in [5, 5.41) is 9.08. The first-order valence-corrected chi connectivity index (χ1v) is 7.28. The smallest absolute Gasteiger partial charge is 0.326 e. The van der Waals surface area contributed by atoms with Crippen molar-refractivity contribution in [2.45, 2.75) is 24.0 Å². The number of hydrogen-bond donors (Lipinski definition) is 2. The van der Waals surface area contributed by atoms with Crippen LogP contribution in [-0.4, -0.2) is 38.7 Å². The number of methoxy groups -OCH3 is 1. The van der Waals surface area contributed by atoms with Crippen LogP contribution >= 0.6 is 11.6 Å². The van der Waals surface area contributed by atoms with E-state index in [4.69, 9.17) is 11.6 Å². The van der Waals surface area contributed by atoms with Crippen LogP contribution in [-0.2, 0) is 19.6 Å². The minimum Gasteiger partial charge on any atom is -0.468 e. The summed E-state index contributed by atoms with van der Waals surface area (Å²) < 4.78 is 43.4. The van der Waals surface area contributed by atoms with Gasteiger partial charge in [-0.25, -0.2) is 12.8 Å². The number of ether oxygens (including phenoxy) is 1. The van der Waals surface area contributed by atoms with Crippen LogP contribution in [0, 0.1) is 5.82 Å². The van der Waals surface area contributed by atoms with Gasteiger partial charge < -0.3 is 9.84 Å². The molecule has 1 rings (SSSR count). The Hall–Kier alpha value is -1.22. The van der Waals surface area contributed by atoms with Crippen molar-refractivity contribution in [3.8, 4) is 0 Å². The number of nitrogens with one attached hydrogen (secondary N) is 1. The van der Waals surface area contributed by atoms with Crippen LogP contribution < -0.4 is 4.72 Å². The average Bonchev–Trinajstić information content (AvgIpc) is 2.34. The van der Waals surface area contributed by atoms with Gasteiger partial charge in [-0.05, 0) is 25.1 Å². The van der Waals surface area contributed by atoms with Gasteiger partial charge in [0, 0.05) is 0 Å². The minimum atomic E-state index is -4.22. The summed E-state index contributed by atoms with van der Waals surface area (Å²) in [6, 6.07) is 1.20. The molecule has 0 aliphatic rings. The average molecular weight is 326 g/mol. The van der Waals surface area contributed by atoms with Crippen molar-refractivity contribution < 1.29 is 27.4 Å². The van der Waals surface area contributed by atoms with E-state index in [1.165, 1.54) is 6.92 Å². The molecule has 1 aromatic carbocycles. The van der Waals surface area contributed by atoms with Crippen molar-refractivity contribution in [3.63, 3.8) is 0 Å². The molecule has 112 valence electrons. The number of rotatable bonds is 5. The molecule has 0 aliphatic carbocycles. The van der Waals surface area contributed by atoms with Gasteiger partial charge in [-0.2, -0.15) is 4.72 Å². The molecule has 0 spiro atoms. The molecule has 2 N–H and O–H groups in total. The monoisotopic (exact) mass is 325 g/mol. The van der Waals surface area contributed by atoms with Crippen molar-refractivity contribution in [2.24, 2.45) is 0 Å². The van der Waals surface area contributed by atoms with Crippen LogP contribution in [0.15, 0.2) is 23.1 Å². The highest BCUT2D eigenvalue weighted by molar-refractivity contribution is 7.89. The fourth-order valence-corrected chi connectivity index (χ4v) is 3.18. The van der Waals surface area contributed by atoms with E-state index in [9.17, 15) is 22.7 Å². The first-order chi connectivity index (χ1) is 9.19. The number of hydrogen-bond acceptors (Lipinski definition) is 5. The molecule has 6 nitrogen and oxygen atoms in total. The number of carbonyl (C=O) groups excluding carboxylic acids is 1. The zero-order chi connectivity index (χ0) is 15.5. The number of esters is 1. The number of benzene rings is 1. The third-order valence-corrected chi connectivity index (χ3v) is 4.33. The summed E-state index contributed by atoms with van der Waals surface area (Å²) in [5.74, 6) is -1.66. The number of aliphatic hydroxyl groups excluding tert-OH is 1. The molecule has 0 fully saturated rings. The maximum Gasteiger partial charge on any atom is 0.326 e. The Bertz CT molecular complexity index is 605. The van der Waals surface area contributed by atoms with Crippen molar-refractivity contribution in [2.75, 3.05) is 7.11 Å². The van der Waals surface area contributed by atoms with Gasteiger partial charge in [0.25, 0.3) is 0 Å². The Kier molecular flexibility index (Phi) is 5.46. The second-order valence-corrected chi connectivity index (χ2v) is 6.03. The van der Waals surface area contributed by atoms with E-state index in [0.29, 0.717) is 0 Å². The summed E-state index contributed by atoms with van der Waals surface area (Å²) in [6.07, 6.45) is -1.32. The van der Waals surface area contributed by atoms with Gasteiger partial charge in [0.1, 0.15) is 16.8 Å². The molecule has 0 radical (unpaired) electrons. The molecule has 0 saturated heterocycles. The van der Waals surface area contributed by atoms with E-state index in [1.54, 1.807) is 0 Å². The van der Waals surface area contributed by atoms with Crippen LogP contribution in [0.5, 0.6) is 0 Å². The quantitative estimate of drug-likeness (QED) is 0.777. The molecule has 0 aliphatic heterocycles.